The Morgan fingerprint density at radius 2 is 1.85 bits per heavy atom. The molecule has 3 N–H and O–H groups in total. The van der Waals surface area contributed by atoms with E-state index in [1.807, 2.05) is 12.1 Å². The quantitative estimate of drug-likeness (QED) is 0.376. The number of carbonyl (C=O) groups is 1. The van der Waals surface area contributed by atoms with Crippen LogP contribution in [-0.2, 0) is 6.42 Å². The van der Waals surface area contributed by atoms with E-state index in [1.165, 1.54) is 5.56 Å². The lowest BCUT2D eigenvalue weighted by Gasteiger charge is -2.32. The summed E-state index contributed by atoms with van der Waals surface area (Å²) in [6, 6.07) is 7.35. The third-order valence-corrected chi connectivity index (χ3v) is 4.75. The van der Waals surface area contributed by atoms with Gasteiger partial charge in [-0.3, -0.25) is 5.21 Å². The lowest BCUT2D eigenvalue weighted by Crippen LogP contribution is -2.44. The van der Waals surface area contributed by atoms with Crippen LogP contribution in [0.5, 0.6) is 5.75 Å². The van der Waals surface area contributed by atoms with E-state index in [1.54, 1.807) is 0 Å². The maximum absolute atomic E-state index is 10.7. The van der Waals surface area contributed by atoms with Gasteiger partial charge >= 0.3 is 6.03 Å². The number of amides is 2. The highest BCUT2D eigenvalue weighted by Crippen LogP contribution is 2.14. The molecule has 26 heavy (non-hydrogen) atoms. The van der Waals surface area contributed by atoms with Gasteiger partial charge in [-0.1, -0.05) is 12.1 Å². The topological polar surface area (TPSA) is 82.3 Å². The molecule has 0 aromatic heterocycles. The lowest BCUT2D eigenvalue weighted by molar-refractivity contribution is -0.0402. The van der Waals surface area contributed by atoms with Crippen molar-refractivity contribution >= 4 is 6.03 Å². The Morgan fingerprint density at radius 3 is 2.50 bits per heavy atom. The molecule has 1 fully saturated rings. The maximum Gasteiger partial charge on any atom is 0.338 e. The van der Waals surface area contributed by atoms with Crippen LogP contribution in [0.25, 0.3) is 0 Å². The van der Waals surface area contributed by atoms with Crippen molar-refractivity contribution in [3.63, 3.8) is 0 Å². The molecule has 1 aromatic rings. The number of hydrogen-bond acceptors (Lipinski definition) is 5. The number of ether oxygens (including phenoxy) is 1. The fraction of sp³-hybridized carbons (Fsp3) is 0.632. The largest absolute Gasteiger partial charge is 0.494 e. The zero-order valence-electron chi connectivity index (χ0n) is 15.8. The molecule has 1 heterocycles. The summed E-state index contributed by atoms with van der Waals surface area (Å²) in [5, 5.41) is 9.75. The van der Waals surface area contributed by atoms with E-state index in [0.29, 0.717) is 11.5 Å². The molecule has 2 rings (SSSR count). The van der Waals surface area contributed by atoms with Gasteiger partial charge in [-0.2, -0.15) is 0 Å². The molecule has 1 saturated heterocycles. The summed E-state index contributed by atoms with van der Waals surface area (Å²) < 4.78 is 5.83. The van der Waals surface area contributed by atoms with E-state index in [0.717, 1.165) is 64.3 Å². The molecule has 1 aromatic carbocycles. The molecule has 1 aliphatic rings. The van der Waals surface area contributed by atoms with Crippen LogP contribution in [-0.4, -0.2) is 79.0 Å². The Hall–Kier alpha value is -1.83. The molecule has 0 radical (unpaired) electrons. The van der Waals surface area contributed by atoms with Gasteiger partial charge in [0, 0.05) is 32.7 Å². The van der Waals surface area contributed by atoms with Crippen molar-refractivity contribution in [2.45, 2.75) is 25.7 Å². The third kappa shape index (κ3) is 7.59. The van der Waals surface area contributed by atoms with E-state index in [9.17, 15) is 10.0 Å². The summed E-state index contributed by atoms with van der Waals surface area (Å²) in [5.74, 6) is 0.905. The second-order valence-corrected chi connectivity index (χ2v) is 6.91. The second kappa shape index (κ2) is 11.0. The molecule has 146 valence electrons. The van der Waals surface area contributed by atoms with Gasteiger partial charge in [-0.05, 0) is 50.4 Å². The molecule has 7 nitrogen and oxygen atoms in total. The van der Waals surface area contributed by atoms with Crippen LogP contribution < -0.4 is 10.5 Å². The number of hydrogen-bond donors (Lipinski definition) is 2. The van der Waals surface area contributed by atoms with Crippen molar-refractivity contribution in [1.29, 1.82) is 0 Å². The summed E-state index contributed by atoms with van der Waals surface area (Å²) >= 11 is 0. The number of urea groups is 1. The molecule has 1 aliphatic heterocycles. The van der Waals surface area contributed by atoms with Crippen LogP contribution in [0.2, 0.25) is 0 Å². The van der Waals surface area contributed by atoms with Gasteiger partial charge in [0.05, 0.1) is 13.2 Å². The highest BCUT2D eigenvalue weighted by atomic mass is 16.5. The number of likely N-dealkylation sites (N-methyl/N-ethyl adjacent to an activating group) is 1. The van der Waals surface area contributed by atoms with Crippen LogP contribution in [0, 0.1) is 0 Å². The van der Waals surface area contributed by atoms with Gasteiger partial charge in [-0.15, -0.1) is 0 Å². The minimum atomic E-state index is -0.806. The lowest BCUT2D eigenvalue weighted by atomic mass is 10.1. The van der Waals surface area contributed by atoms with Crippen molar-refractivity contribution in [3.05, 3.63) is 29.8 Å². The van der Waals surface area contributed by atoms with Crippen molar-refractivity contribution in [2.75, 3.05) is 52.9 Å². The van der Waals surface area contributed by atoms with Crippen LogP contribution in [0.1, 0.15) is 24.8 Å². The number of aryl methyl sites for hydroxylation is 1. The first kappa shape index (κ1) is 20.5. The molecule has 0 aliphatic carbocycles. The highest BCUT2D eigenvalue weighted by molar-refractivity contribution is 5.70. The minimum absolute atomic E-state index is 0.268. The smallest absolute Gasteiger partial charge is 0.338 e. The summed E-state index contributed by atoms with van der Waals surface area (Å²) in [6.07, 6.45) is 3.54. The third-order valence-electron chi connectivity index (χ3n) is 4.75. The normalized spacial score (nSPS) is 15.8. The molecular formula is C19H32N4O3. The molecule has 2 amide bonds. The first-order chi connectivity index (χ1) is 12.5. The molecule has 0 spiro atoms. The Bertz CT molecular complexity index is 530. The van der Waals surface area contributed by atoms with E-state index >= 15 is 0 Å². The number of nitrogens with two attached hydrogens (primary N) is 1. The van der Waals surface area contributed by atoms with Crippen molar-refractivity contribution < 1.29 is 14.7 Å². The predicted octanol–water partition coefficient (Wildman–Crippen LogP) is 1.80. The van der Waals surface area contributed by atoms with E-state index < -0.39 is 6.03 Å². The molecule has 0 saturated carbocycles. The van der Waals surface area contributed by atoms with E-state index in [2.05, 4.69) is 29.0 Å². The van der Waals surface area contributed by atoms with Gasteiger partial charge < -0.3 is 20.3 Å². The first-order valence-electron chi connectivity index (χ1n) is 9.43. The first-order valence-corrected chi connectivity index (χ1v) is 9.43. The molecule has 0 bridgehead atoms. The highest BCUT2D eigenvalue weighted by Gasteiger charge is 2.12. The average Bonchev–Trinajstić information content (AvgIpc) is 2.64. The molecule has 0 unspecified atom stereocenters. The van der Waals surface area contributed by atoms with Crippen LogP contribution in [0.4, 0.5) is 4.79 Å². The zero-order chi connectivity index (χ0) is 18.8. The summed E-state index contributed by atoms with van der Waals surface area (Å²) in [5.41, 5.74) is 6.18. The number of hydroxylamine groups is 2. The zero-order valence-corrected chi connectivity index (χ0v) is 15.8. The molecule has 0 atom stereocenters. The maximum atomic E-state index is 10.7. The Labute approximate surface area is 156 Å². The number of rotatable bonds is 10. The van der Waals surface area contributed by atoms with Gasteiger partial charge in [0.25, 0.3) is 0 Å². The number of piperazine rings is 1. The van der Waals surface area contributed by atoms with Crippen molar-refractivity contribution in [3.8, 4) is 5.75 Å². The molecule has 7 heteroatoms. The summed E-state index contributed by atoms with van der Waals surface area (Å²) in [7, 11) is 2.17. The molecular weight excluding hydrogens is 332 g/mol. The second-order valence-electron chi connectivity index (χ2n) is 6.91. The van der Waals surface area contributed by atoms with Gasteiger partial charge in [0.2, 0.25) is 0 Å². The number of unbranched alkanes of at least 4 members (excludes halogenated alkanes) is 1. The monoisotopic (exact) mass is 364 g/mol. The fourth-order valence-corrected chi connectivity index (χ4v) is 3.00. The van der Waals surface area contributed by atoms with Crippen LogP contribution in [0.3, 0.4) is 0 Å². The van der Waals surface area contributed by atoms with E-state index in [4.69, 9.17) is 10.5 Å². The van der Waals surface area contributed by atoms with E-state index in [-0.39, 0.29) is 6.54 Å². The predicted molar refractivity (Wildman–Crippen MR) is 102 cm³/mol. The Balaban J connectivity index is 1.56. The van der Waals surface area contributed by atoms with Crippen LogP contribution >= 0.6 is 0 Å². The summed E-state index contributed by atoms with van der Waals surface area (Å²) in [6.45, 7) is 6.72. The van der Waals surface area contributed by atoms with Gasteiger partial charge in [0.1, 0.15) is 5.75 Å². The van der Waals surface area contributed by atoms with Gasteiger partial charge in [-0.25, -0.2) is 9.86 Å². The SMILES string of the molecule is CN1CCN(CCCOc2ccc(CCCCN(O)C(N)=O)cc2)CC1. The number of nitrogens with zero attached hydrogens (tertiary/aromatic N) is 3. The minimum Gasteiger partial charge on any atom is -0.494 e. The number of benzene rings is 1. The number of carbonyl (C=O) groups excluding carboxylic acids is 1. The van der Waals surface area contributed by atoms with Gasteiger partial charge in [0.15, 0.2) is 0 Å². The average molecular weight is 364 g/mol. The number of primary amides is 1. The van der Waals surface area contributed by atoms with Crippen molar-refractivity contribution in [2.24, 2.45) is 5.73 Å². The Morgan fingerprint density at radius 1 is 1.15 bits per heavy atom. The summed E-state index contributed by atoms with van der Waals surface area (Å²) in [4.78, 5) is 15.6. The van der Waals surface area contributed by atoms with Crippen LogP contribution in [0.15, 0.2) is 24.3 Å². The fourth-order valence-electron chi connectivity index (χ4n) is 3.00. The standard InChI is InChI=1S/C19H32N4O3/c1-21-12-14-22(15-13-21)10-4-16-26-18-8-6-17(7-9-18)5-2-3-11-23(25)19(20)24/h6-9,25H,2-5,10-16H2,1H3,(H2,20,24). The Kier molecular flexibility index (Phi) is 8.67. The van der Waals surface area contributed by atoms with Crippen molar-refractivity contribution in [1.82, 2.24) is 14.9 Å².